The Bertz CT molecular complexity index is 594. The minimum Gasteiger partial charge on any atom is -0.347 e. The van der Waals surface area contributed by atoms with Crippen molar-refractivity contribution in [2.45, 2.75) is 45.2 Å². The summed E-state index contributed by atoms with van der Waals surface area (Å²) in [5.41, 5.74) is 8.38. The maximum absolute atomic E-state index is 12.3. The molecule has 3 nitrogen and oxygen atoms in total. The normalized spacial score (nSPS) is 13.6. The van der Waals surface area contributed by atoms with E-state index in [1.165, 1.54) is 16.0 Å². The van der Waals surface area contributed by atoms with E-state index in [0.29, 0.717) is 6.42 Å². The van der Waals surface area contributed by atoms with Crippen LogP contribution in [0, 0.1) is 6.92 Å². The van der Waals surface area contributed by atoms with E-state index in [-0.39, 0.29) is 11.9 Å². The second-order valence-corrected chi connectivity index (χ2v) is 6.56. The maximum atomic E-state index is 12.3. The third kappa shape index (κ3) is 4.42. The molecule has 3 N–H and O–H groups in total. The summed E-state index contributed by atoms with van der Waals surface area (Å²) >= 11 is 1.69. The van der Waals surface area contributed by atoms with Gasteiger partial charge in [-0.3, -0.25) is 4.79 Å². The van der Waals surface area contributed by atoms with E-state index in [0.717, 1.165) is 12.8 Å². The van der Waals surface area contributed by atoms with Gasteiger partial charge in [0, 0.05) is 4.88 Å². The molecule has 118 valence electrons. The van der Waals surface area contributed by atoms with Crippen LogP contribution in [0.3, 0.4) is 0 Å². The molecule has 0 spiro atoms. The molecule has 1 heterocycles. The SMILES string of the molecule is CCCC(N)C(=O)NC(Cc1ccccc1)c1sccc1C. The highest BCUT2D eigenvalue weighted by Crippen LogP contribution is 2.27. The highest BCUT2D eigenvalue weighted by atomic mass is 32.1. The van der Waals surface area contributed by atoms with Gasteiger partial charge in [-0.05, 0) is 42.3 Å². The van der Waals surface area contributed by atoms with Crippen molar-refractivity contribution in [3.05, 3.63) is 57.8 Å². The fourth-order valence-corrected chi connectivity index (χ4v) is 3.50. The molecule has 1 aromatic carbocycles. The number of carbonyl (C=O) groups is 1. The van der Waals surface area contributed by atoms with Crippen molar-refractivity contribution in [3.63, 3.8) is 0 Å². The third-order valence-electron chi connectivity index (χ3n) is 3.75. The summed E-state index contributed by atoms with van der Waals surface area (Å²) in [6.07, 6.45) is 2.41. The number of nitrogens with two attached hydrogens (primary N) is 1. The Labute approximate surface area is 136 Å². The number of rotatable bonds is 7. The van der Waals surface area contributed by atoms with Gasteiger partial charge in [0.25, 0.3) is 0 Å². The molecule has 0 aliphatic rings. The van der Waals surface area contributed by atoms with Crippen LogP contribution in [0.2, 0.25) is 0 Å². The molecule has 1 aromatic heterocycles. The molecule has 0 aliphatic heterocycles. The predicted octanol–water partition coefficient (Wildman–Crippen LogP) is 3.58. The number of aryl methyl sites for hydroxylation is 1. The summed E-state index contributed by atoms with van der Waals surface area (Å²) in [4.78, 5) is 13.5. The topological polar surface area (TPSA) is 55.1 Å². The molecular formula is C18H24N2OS. The van der Waals surface area contributed by atoms with Gasteiger partial charge >= 0.3 is 0 Å². The zero-order valence-electron chi connectivity index (χ0n) is 13.2. The minimum absolute atomic E-state index is 0.0159. The number of hydrogen-bond donors (Lipinski definition) is 2. The molecule has 2 rings (SSSR count). The summed E-state index contributed by atoms with van der Waals surface area (Å²) in [5.74, 6) is -0.0596. The first-order chi connectivity index (χ1) is 10.6. The first kappa shape index (κ1) is 16.7. The second kappa shape index (κ2) is 8.11. The molecule has 0 fully saturated rings. The van der Waals surface area contributed by atoms with Gasteiger partial charge in [-0.15, -0.1) is 11.3 Å². The van der Waals surface area contributed by atoms with E-state index in [4.69, 9.17) is 5.73 Å². The quantitative estimate of drug-likeness (QED) is 0.820. The van der Waals surface area contributed by atoms with Crippen molar-refractivity contribution >= 4 is 17.2 Å². The van der Waals surface area contributed by atoms with Crippen molar-refractivity contribution < 1.29 is 4.79 Å². The lowest BCUT2D eigenvalue weighted by Gasteiger charge is -2.21. The van der Waals surface area contributed by atoms with Crippen molar-refractivity contribution in [2.75, 3.05) is 0 Å². The van der Waals surface area contributed by atoms with Gasteiger partial charge in [-0.2, -0.15) is 0 Å². The van der Waals surface area contributed by atoms with Crippen LogP contribution in [0.5, 0.6) is 0 Å². The molecule has 22 heavy (non-hydrogen) atoms. The van der Waals surface area contributed by atoms with Gasteiger partial charge in [0.15, 0.2) is 0 Å². The first-order valence-corrected chi connectivity index (χ1v) is 8.63. The van der Waals surface area contributed by atoms with Gasteiger partial charge in [-0.25, -0.2) is 0 Å². The average Bonchev–Trinajstić information content (AvgIpc) is 2.94. The summed E-state index contributed by atoms with van der Waals surface area (Å²) in [6.45, 7) is 4.12. The van der Waals surface area contributed by atoms with E-state index in [2.05, 4.69) is 35.8 Å². The Balaban J connectivity index is 2.15. The summed E-state index contributed by atoms with van der Waals surface area (Å²) in [5, 5.41) is 5.21. The molecule has 4 heteroatoms. The number of thiophene rings is 1. The molecule has 2 atom stereocenters. The highest BCUT2D eigenvalue weighted by Gasteiger charge is 2.21. The van der Waals surface area contributed by atoms with E-state index >= 15 is 0 Å². The molecule has 0 saturated heterocycles. The van der Waals surface area contributed by atoms with Crippen LogP contribution >= 0.6 is 11.3 Å². The Morgan fingerprint density at radius 3 is 2.59 bits per heavy atom. The number of nitrogens with one attached hydrogen (secondary N) is 1. The van der Waals surface area contributed by atoms with Crippen LogP contribution in [-0.4, -0.2) is 11.9 Å². The Kier molecular flexibility index (Phi) is 6.16. The molecule has 2 aromatic rings. The molecule has 1 amide bonds. The van der Waals surface area contributed by atoms with Crippen LogP contribution in [0.15, 0.2) is 41.8 Å². The lowest BCUT2D eigenvalue weighted by Crippen LogP contribution is -2.42. The average molecular weight is 316 g/mol. The van der Waals surface area contributed by atoms with Crippen LogP contribution in [-0.2, 0) is 11.2 Å². The van der Waals surface area contributed by atoms with Crippen LogP contribution in [0.4, 0.5) is 0 Å². The van der Waals surface area contributed by atoms with Crippen LogP contribution in [0.1, 0.15) is 41.8 Å². The molecule has 0 aliphatic carbocycles. The minimum atomic E-state index is -0.427. The molecule has 0 saturated carbocycles. The monoisotopic (exact) mass is 316 g/mol. The standard InChI is InChI=1S/C18H24N2OS/c1-3-7-15(19)18(21)20-16(17-13(2)10-11-22-17)12-14-8-5-4-6-9-14/h4-6,8-11,15-16H,3,7,12,19H2,1-2H3,(H,20,21). The van der Waals surface area contributed by atoms with E-state index in [9.17, 15) is 4.79 Å². The number of carbonyl (C=O) groups excluding carboxylic acids is 1. The molecule has 2 unspecified atom stereocenters. The Hall–Kier alpha value is -1.65. The van der Waals surface area contributed by atoms with E-state index in [1.54, 1.807) is 11.3 Å². The second-order valence-electron chi connectivity index (χ2n) is 5.61. The molecular weight excluding hydrogens is 292 g/mol. The van der Waals surface area contributed by atoms with Crippen LogP contribution < -0.4 is 11.1 Å². The largest absolute Gasteiger partial charge is 0.347 e. The predicted molar refractivity (Wildman–Crippen MR) is 93.0 cm³/mol. The molecule has 0 radical (unpaired) electrons. The molecule has 0 bridgehead atoms. The lowest BCUT2D eigenvalue weighted by atomic mass is 10.0. The highest BCUT2D eigenvalue weighted by molar-refractivity contribution is 7.10. The smallest absolute Gasteiger partial charge is 0.237 e. The fraction of sp³-hybridized carbons (Fsp3) is 0.389. The van der Waals surface area contributed by atoms with Gasteiger partial charge in [0.05, 0.1) is 12.1 Å². The first-order valence-electron chi connectivity index (χ1n) is 7.75. The van der Waals surface area contributed by atoms with Gasteiger partial charge in [0.2, 0.25) is 5.91 Å². The number of hydrogen-bond acceptors (Lipinski definition) is 3. The number of benzene rings is 1. The Morgan fingerprint density at radius 1 is 1.27 bits per heavy atom. The third-order valence-corrected chi connectivity index (χ3v) is 4.89. The summed E-state index contributed by atoms with van der Waals surface area (Å²) in [7, 11) is 0. The van der Waals surface area contributed by atoms with Gasteiger partial charge in [0.1, 0.15) is 0 Å². The van der Waals surface area contributed by atoms with E-state index in [1.807, 2.05) is 25.1 Å². The zero-order chi connectivity index (χ0) is 15.9. The zero-order valence-corrected chi connectivity index (χ0v) is 14.0. The van der Waals surface area contributed by atoms with Crippen LogP contribution in [0.25, 0.3) is 0 Å². The summed E-state index contributed by atoms with van der Waals surface area (Å²) < 4.78 is 0. The van der Waals surface area contributed by atoms with Gasteiger partial charge < -0.3 is 11.1 Å². The summed E-state index contributed by atoms with van der Waals surface area (Å²) in [6, 6.07) is 11.9. The van der Waals surface area contributed by atoms with Crippen molar-refractivity contribution in [1.29, 1.82) is 0 Å². The van der Waals surface area contributed by atoms with E-state index < -0.39 is 6.04 Å². The van der Waals surface area contributed by atoms with Gasteiger partial charge in [-0.1, -0.05) is 43.7 Å². The fourth-order valence-electron chi connectivity index (χ4n) is 2.52. The van der Waals surface area contributed by atoms with Crippen molar-refractivity contribution in [2.24, 2.45) is 5.73 Å². The van der Waals surface area contributed by atoms with Crippen molar-refractivity contribution in [1.82, 2.24) is 5.32 Å². The lowest BCUT2D eigenvalue weighted by molar-refractivity contribution is -0.123. The number of amides is 1. The Morgan fingerprint density at radius 2 is 2.00 bits per heavy atom. The maximum Gasteiger partial charge on any atom is 0.237 e. The van der Waals surface area contributed by atoms with Crippen molar-refractivity contribution in [3.8, 4) is 0 Å².